The van der Waals surface area contributed by atoms with E-state index in [1.165, 1.54) is 36.9 Å². The zero-order valence-electron chi connectivity index (χ0n) is 10.7. The number of benzene rings is 1. The molecule has 1 aromatic carbocycles. The van der Waals surface area contributed by atoms with Gasteiger partial charge in [0.1, 0.15) is 0 Å². The van der Waals surface area contributed by atoms with E-state index in [0.717, 1.165) is 19.0 Å². The van der Waals surface area contributed by atoms with Crippen LogP contribution in [0.4, 0.5) is 0 Å². The van der Waals surface area contributed by atoms with Crippen molar-refractivity contribution in [1.29, 1.82) is 0 Å². The molecule has 1 atom stereocenters. The van der Waals surface area contributed by atoms with Gasteiger partial charge in [-0.05, 0) is 36.3 Å². The second-order valence-corrected chi connectivity index (χ2v) is 6.11. The van der Waals surface area contributed by atoms with E-state index in [4.69, 9.17) is 5.73 Å². The molecule has 1 unspecified atom stereocenters. The van der Waals surface area contributed by atoms with Crippen LogP contribution in [0, 0.1) is 5.92 Å². The van der Waals surface area contributed by atoms with Crippen molar-refractivity contribution < 1.29 is 0 Å². The van der Waals surface area contributed by atoms with Gasteiger partial charge in [-0.3, -0.25) is 4.90 Å². The van der Waals surface area contributed by atoms with Gasteiger partial charge in [-0.1, -0.05) is 31.2 Å². The minimum absolute atomic E-state index is 0.200. The lowest BCUT2D eigenvalue weighted by atomic mass is 10.0. The van der Waals surface area contributed by atoms with Crippen molar-refractivity contribution in [2.75, 3.05) is 6.54 Å². The molecular weight excluding hydrogens is 208 g/mol. The maximum absolute atomic E-state index is 6.19. The van der Waals surface area contributed by atoms with Gasteiger partial charge >= 0.3 is 0 Å². The molecule has 1 saturated carbocycles. The summed E-state index contributed by atoms with van der Waals surface area (Å²) in [5.74, 6) is 0.719. The number of hydrogen-bond donors (Lipinski definition) is 1. The first-order valence-corrected chi connectivity index (χ1v) is 6.73. The summed E-state index contributed by atoms with van der Waals surface area (Å²) in [6.07, 6.45) is 3.66. The van der Waals surface area contributed by atoms with Crippen LogP contribution in [-0.4, -0.2) is 17.0 Å². The van der Waals surface area contributed by atoms with E-state index in [1.807, 2.05) is 0 Å². The Hall–Kier alpha value is -0.860. The molecule has 0 spiro atoms. The summed E-state index contributed by atoms with van der Waals surface area (Å²) in [6, 6.07) is 8.80. The predicted octanol–water partition coefficient (Wildman–Crippen LogP) is 2.52. The molecule has 1 aliphatic heterocycles. The second kappa shape index (κ2) is 4.11. The molecular formula is C15H22N2. The molecule has 1 heterocycles. The zero-order valence-corrected chi connectivity index (χ0v) is 10.7. The SMILES string of the molecule is CC(CN1Cc2ccccc2C1)CC1(N)CC1. The lowest BCUT2D eigenvalue weighted by Crippen LogP contribution is -2.30. The fourth-order valence-corrected chi connectivity index (χ4v) is 3.10. The van der Waals surface area contributed by atoms with Crippen LogP contribution in [0.2, 0.25) is 0 Å². The van der Waals surface area contributed by atoms with E-state index < -0.39 is 0 Å². The Balaban J connectivity index is 1.54. The van der Waals surface area contributed by atoms with Crippen molar-refractivity contribution in [2.45, 2.75) is 44.8 Å². The molecule has 0 aromatic heterocycles. The fourth-order valence-electron chi connectivity index (χ4n) is 3.10. The number of nitrogens with zero attached hydrogens (tertiary/aromatic N) is 1. The monoisotopic (exact) mass is 230 g/mol. The number of fused-ring (bicyclic) bond motifs is 1. The normalized spacial score (nSPS) is 23.4. The average Bonchev–Trinajstić information content (AvgIpc) is 2.87. The summed E-state index contributed by atoms with van der Waals surface area (Å²) in [5, 5.41) is 0. The smallest absolute Gasteiger partial charge is 0.0240 e. The van der Waals surface area contributed by atoms with Crippen LogP contribution in [-0.2, 0) is 13.1 Å². The van der Waals surface area contributed by atoms with Crippen LogP contribution in [0.25, 0.3) is 0 Å². The summed E-state index contributed by atoms with van der Waals surface area (Å²) in [7, 11) is 0. The van der Waals surface area contributed by atoms with Crippen molar-refractivity contribution in [3.05, 3.63) is 35.4 Å². The maximum Gasteiger partial charge on any atom is 0.0240 e. The Morgan fingerprint density at radius 1 is 1.24 bits per heavy atom. The molecule has 3 rings (SSSR count). The Morgan fingerprint density at radius 2 is 1.82 bits per heavy atom. The molecule has 92 valence electrons. The van der Waals surface area contributed by atoms with Crippen LogP contribution >= 0.6 is 0 Å². The fraction of sp³-hybridized carbons (Fsp3) is 0.600. The highest BCUT2D eigenvalue weighted by Gasteiger charge is 2.39. The Morgan fingerprint density at radius 3 is 2.35 bits per heavy atom. The van der Waals surface area contributed by atoms with Crippen LogP contribution < -0.4 is 5.73 Å². The summed E-state index contributed by atoms with van der Waals surface area (Å²) in [5.41, 5.74) is 9.40. The van der Waals surface area contributed by atoms with Gasteiger partial charge in [0.05, 0.1) is 0 Å². The molecule has 1 aromatic rings. The third-order valence-electron chi connectivity index (χ3n) is 4.12. The Labute approximate surface area is 104 Å². The van der Waals surface area contributed by atoms with E-state index in [1.54, 1.807) is 0 Å². The topological polar surface area (TPSA) is 29.3 Å². The van der Waals surface area contributed by atoms with E-state index in [2.05, 4.69) is 36.1 Å². The van der Waals surface area contributed by atoms with Crippen LogP contribution in [0.3, 0.4) is 0 Å². The quantitative estimate of drug-likeness (QED) is 0.861. The third kappa shape index (κ3) is 2.53. The van der Waals surface area contributed by atoms with Crippen molar-refractivity contribution in [3.8, 4) is 0 Å². The molecule has 17 heavy (non-hydrogen) atoms. The van der Waals surface area contributed by atoms with Gasteiger partial charge in [0.25, 0.3) is 0 Å². The lowest BCUT2D eigenvalue weighted by molar-refractivity contribution is 0.229. The Bertz CT molecular complexity index is 384. The number of rotatable bonds is 4. The van der Waals surface area contributed by atoms with Crippen LogP contribution in [0.15, 0.2) is 24.3 Å². The molecule has 2 aliphatic rings. The van der Waals surface area contributed by atoms with Crippen molar-refractivity contribution in [3.63, 3.8) is 0 Å². The predicted molar refractivity (Wildman–Crippen MR) is 70.5 cm³/mol. The van der Waals surface area contributed by atoms with Gasteiger partial charge < -0.3 is 5.73 Å². The maximum atomic E-state index is 6.19. The van der Waals surface area contributed by atoms with E-state index in [0.29, 0.717) is 0 Å². The Kier molecular flexibility index (Phi) is 2.72. The first kappa shape index (κ1) is 11.2. The number of nitrogens with two attached hydrogens (primary N) is 1. The largest absolute Gasteiger partial charge is 0.325 e. The zero-order chi connectivity index (χ0) is 11.9. The molecule has 0 amide bonds. The highest BCUT2D eigenvalue weighted by atomic mass is 15.1. The van der Waals surface area contributed by atoms with Crippen molar-refractivity contribution in [1.82, 2.24) is 4.90 Å². The molecule has 0 radical (unpaired) electrons. The number of hydrogen-bond acceptors (Lipinski definition) is 2. The molecule has 2 nitrogen and oxygen atoms in total. The molecule has 2 heteroatoms. The molecule has 1 aliphatic carbocycles. The molecule has 2 N–H and O–H groups in total. The minimum atomic E-state index is 0.200. The second-order valence-electron chi connectivity index (χ2n) is 6.11. The van der Waals surface area contributed by atoms with Gasteiger partial charge in [-0.25, -0.2) is 0 Å². The molecule has 0 saturated heterocycles. The van der Waals surface area contributed by atoms with Gasteiger partial charge in [0, 0.05) is 25.2 Å². The standard InChI is InChI=1S/C15H22N2/c1-12(8-15(16)6-7-15)9-17-10-13-4-2-3-5-14(13)11-17/h2-5,12H,6-11,16H2,1H3. The minimum Gasteiger partial charge on any atom is -0.325 e. The molecule has 0 bridgehead atoms. The average molecular weight is 230 g/mol. The summed E-state index contributed by atoms with van der Waals surface area (Å²) >= 11 is 0. The van der Waals surface area contributed by atoms with E-state index in [-0.39, 0.29) is 5.54 Å². The lowest BCUT2D eigenvalue weighted by Gasteiger charge is -2.22. The summed E-state index contributed by atoms with van der Waals surface area (Å²) in [4.78, 5) is 2.56. The van der Waals surface area contributed by atoms with Gasteiger partial charge in [0.2, 0.25) is 0 Å². The van der Waals surface area contributed by atoms with Crippen LogP contribution in [0.1, 0.15) is 37.3 Å². The summed E-state index contributed by atoms with van der Waals surface area (Å²) < 4.78 is 0. The summed E-state index contributed by atoms with van der Waals surface area (Å²) in [6.45, 7) is 5.78. The van der Waals surface area contributed by atoms with E-state index in [9.17, 15) is 0 Å². The highest BCUT2D eigenvalue weighted by Crippen LogP contribution is 2.38. The highest BCUT2D eigenvalue weighted by molar-refractivity contribution is 5.30. The van der Waals surface area contributed by atoms with Gasteiger partial charge in [-0.15, -0.1) is 0 Å². The van der Waals surface area contributed by atoms with E-state index >= 15 is 0 Å². The van der Waals surface area contributed by atoms with Crippen molar-refractivity contribution >= 4 is 0 Å². The van der Waals surface area contributed by atoms with Crippen molar-refractivity contribution in [2.24, 2.45) is 11.7 Å². The molecule has 1 fully saturated rings. The van der Waals surface area contributed by atoms with Gasteiger partial charge in [-0.2, -0.15) is 0 Å². The third-order valence-corrected chi connectivity index (χ3v) is 4.12. The van der Waals surface area contributed by atoms with Gasteiger partial charge in [0.15, 0.2) is 0 Å². The van der Waals surface area contributed by atoms with Crippen LogP contribution in [0.5, 0.6) is 0 Å². The first-order chi connectivity index (χ1) is 8.15. The first-order valence-electron chi connectivity index (χ1n) is 6.73.